The van der Waals surface area contributed by atoms with Crippen molar-refractivity contribution in [2.75, 3.05) is 0 Å². The van der Waals surface area contributed by atoms with Crippen molar-refractivity contribution >= 4 is 11.6 Å². The first-order chi connectivity index (χ1) is 13.5. The van der Waals surface area contributed by atoms with Crippen LogP contribution >= 0.6 is 0 Å². The SMILES string of the molecule is CCC(=NNC(=O)c1ccncc1)c1c(O)n(-c2ccccc2)c(=O)[nH]c1=O. The molecule has 0 aliphatic rings. The number of aromatic nitrogens is 3. The molecular weight excluding hydrogens is 362 g/mol. The Bertz CT molecular complexity index is 1130. The molecule has 0 saturated heterocycles. The lowest BCUT2D eigenvalue weighted by Crippen LogP contribution is -2.33. The molecule has 0 fully saturated rings. The van der Waals surface area contributed by atoms with Crippen molar-refractivity contribution in [3.8, 4) is 11.6 Å². The van der Waals surface area contributed by atoms with E-state index in [-0.39, 0.29) is 17.7 Å². The molecule has 2 heterocycles. The zero-order chi connectivity index (χ0) is 20.1. The van der Waals surface area contributed by atoms with Gasteiger partial charge in [0.05, 0.1) is 11.4 Å². The van der Waals surface area contributed by atoms with Crippen molar-refractivity contribution in [1.29, 1.82) is 0 Å². The monoisotopic (exact) mass is 379 g/mol. The van der Waals surface area contributed by atoms with E-state index in [2.05, 4.69) is 20.5 Å². The molecule has 0 aliphatic carbocycles. The number of pyridine rings is 1. The van der Waals surface area contributed by atoms with Crippen LogP contribution in [0.15, 0.2) is 69.5 Å². The van der Waals surface area contributed by atoms with Crippen molar-refractivity contribution in [2.24, 2.45) is 5.10 Å². The second kappa shape index (κ2) is 8.12. The molecule has 9 nitrogen and oxygen atoms in total. The topological polar surface area (TPSA) is 129 Å². The molecule has 1 aromatic carbocycles. The van der Waals surface area contributed by atoms with E-state index in [0.29, 0.717) is 11.3 Å². The van der Waals surface area contributed by atoms with Gasteiger partial charge in [0.2, 0.25) is 5.88 Å². The Morgan fingerprint density at radius 2 is 1.86 bits per heavy atom. The Kier molecular flexibility index (Phi) is 5.45. The molecule has 0 spiro atoms. The fourth-order valence-electron chi connectivity index (χ4n) is 2.60. The van der Waals surface area contributed by atoms with Crippen LogP contribution in [0.3, 0.4) is 0 Å². The van der Waals surface area contributed by atoms with Gasteiger partial charge in [0.15, 0.2) is 0 Å². The highest BCUT2D eigenvalue weighted by Gasteiger charge is 2.19. The summed E-state index contributed by atoms with van der Waals surface area (Å²) < 4.78 is 0.965. The lowest BCUT2D eigenvalue weighted by molar-refractivity contribution is 0.0954. The van der Waals surface area contributed by atoms with E-state index in [0.717, 1.165) is 4.57 Å². The second-order valence-electron chi connectivity index (χ2n) is 5.72. The standard InChI is InChI=1S/C19H17N5O4/c1-2-14(22-23-16(25)12-8-10-20-11-9-12)15-17(26)21-19(28)24(18(15)27)13-6-4-3-5-7-13/h3-11,27H,2H2,1H3,(H,23,25)(H,21,26,28). The molecule has 2 aromatic heterocycles. The molecule has 0 aliphatic heterocycles. The first-order valence-corrected chi connectivity index (χ1v) is 8.44. The van der Waals surface area contributed by atoms with Crippen molar-refractivity contribution in [2.45, 2.75) is 13.3 Å². The third kappa shape index (κ3) is 3.73. The molecule has 0 saturated carbocycles. The maximum atomic E-state index is 12.3. The molecule has 1 amide bonds. The average molecular weight is 379 g/mol. The molecule has 0 unspecified atom stereocenters. The summed E-state index contributed by atoms with van der Waals surface area (Å²) in [5.74, 6) is -1.06. The quantitative estimate of drug-likeness (QED) is 0.453. The Morgan fingerprint density at radius 3 is 2.50 bits per heavy atom. The van der Waals surface area contributed by atoms with Gasteiger partial charge in [-0.15, -0.1) is 0 Å². The van der Waals surface area contributed by atoms with Gasteiger partial charge in [-0.3, -0.25) is 19.6 Å². The number of aromatic hydroxyl groups is 1. The number of amides is 1. The number of hydrazone groups is 1. The summed E-state index contributed by atoms with van der Waals surface area (Å²) in [4.78, 5) is 42.7. The first-order valence-electron chi connectivity index (χ1n) is 8.44. The van der Waals surface area contributed by atoms with E-state index in [1.165, 1.54) is 24.5 Å². The van der Waals surface area contributed by atoms with Crippen molar-refractivity contribution < 1.29 is 9.90 Å². The largest absolute Gasteiger partial charge is 0.493 e. The average Bonchev–Trinajstić information content (AvgIpc) is 2.71. The summed E-state index contributed by atoms with van der Waals surface area (Å²) in [6, 6.07) is 11.4. The molecule has 0 radical (unpaired) electrons. The number of nitrogens with one attached hydrogen (secondary N) is 2. The lowest BCUT2D eigenvalue weighted by atomic mass is 10.1. The molecule has 3 rings (SSSR count). The number of aromatic amines is 1. The van der Waals surface area contributed by atoms with Crippen molar-refractivity contribution in [3.05, 3.63) is 86.8 Å². The van der Waals surface area contributed by atoms with E-state index in [1.54, 1.807) is 37.3 Å². The maximum Gasteiger partial charge on any atom is 0.335 e. The van der Waals surface area contributed by atoms with E-state index in [4.69, 9.17) is 0 Å². The van der Waals surface area contributed by atoms with Gasteiger partial charge >= 0.3 is 5.69 Å². The number of H-pyrrole nitrogens is 1. The van der Waals surface area contributed by atoms with Crippen molar-refractivity contribution in [1.82, 2.24) is 20.0 Å². The Morgan fingerprint density at radius 1 is 1.18 bits per heavy atom. The highest BCUT2D eigenvalue weighted by molar-refractivity contribution is 6.03. The summed E-state index contributed by atoms with van der Waals surface area (Å²) in [5, 5.41) is 14.6. The summed E-state index contributed by atoms with van der Waals surface area (Å²) >= 11 is 0. The van der Waals surface area contributed by atoms with Crippen LogP contribution in [-0.4, -0.2) is 31.3 Å². The van der Waals surface area contributed by atoms with Crippen LogP contribution in [0.2, 0.25) is 0 Å². The number of nitrogens with zero attached hydrogens (tertiary/aromatic N) is 3. The normalized spacial score (nSPS) is 11.2. The molecule has 3 N–H and O–H groups in total. The Balaban J connectivity index is 2.04. The Hall–Kier alpha value is -4.01. The van der Waals surface area contributed by atoms with Crippen LogP contribution in [0.5, 0.6) is 5.88 Å². The highest BCUT2D eigenvalue weighted by atomic mass is 16.3. The minimum Gasteiger partial charge on any atom is -0.493 e. The number of hydrogen-bond acceptors (Lipinski definition) is 6. The van der Waals surface area contributed by atoms with E-state index >= 15 is 0 Å². The number of hydrogen-bond donors (Lipinski definition) is 3. The van der Waals surface area contributed by atoms with E-state index < -0.39 is 23.0 Å². The van der Waals surface area contributed by atoms with Gasteiger partial charge in [0, 0.05) is 18.0 Å². The summed E-state index contributed by atoms with van der Waals surface area (Å²) in [6.07, 6.45) is 3.15. The number of carbonyl (C=O) groups excluding carboxylic acids is 1. The van der Waals surface area contributed by atoms with E-state index in [1.807, 2.05) is 0 Å². The fourth-order valence-corrected chi connectivity index (χ4v) is 2.60. The molecule has 0 atom stereocenters. The second-order valence-corrected chi connectivity index (χ2v) is 5.72. The van der Waals surface area contributed by atoms with Crippen LogP contribution in [0.25, 0.3) is 5.69 Å². The minimum atomic E-state index is -0.798. The molecular formula is C19H17N5O4. The van der Waals surface area contributed by atoms with Gasteiger partial charge in [0.1, 0.15) is 5.56 Å². The zero-order valence-electron chi connectivity index (χ0n) is 14.9. The van der Waals surface area contributed by atoms with Crippen LogP contribution in [-0.2, 0) is 0 Å². The Labute approximate surface area is 159 Å². The van der Waals surface area contributed by atoms with Gasteiger partial charge in [-0.05, 0) is 30.7 Å². The summed E-state index contributed by atoms with van der Waals surface area (Å²) in [6.45, 7) is 1.70. The van der Waals surface area contributed by atoms with Crippen LogP contribution in [0.4, 0.5) is 0 Å². The molecule has 3 aromatic rings. The summed E-state index contributed by atoms with van der Waals surface area (Å²) in [5.41, 5.74) is 1.40. The van der Waals surface area contributed by atoms with Gasteiger partial charge in [0.25, 0.3) is 11.5 Å². The third-order valence-corrected chi connectivity index (χ3v) is 3.96. The molecule has 142 valence electrons. The summed E-state index contributed by atoms with van der Waals surface area (Å²) in [7, 11) is 0. The van der Waals surface area contributed by atoms with Gasteiger partial charge in [-0.25, -0.2) is 14.8 Å². The molecule has 9 heteroatoms. The van der Waals surface area contributed by atoms with Crippen LogP contribution in [0, 0.1) is 0 Å². The number of carbonyl (C=O) groups is 1. The van der Waals surface area contributed by atoms with Crippen molar-refractivity contribution in [3.63, 3.8) is 0 Å². The minimum absolute atomic E-state index is 0.117. The first kappa shape index (κ1) is 18.8. The third-order valence-electron chi connectivity index (χ3n) is 3.96. The number of para-hydroxylation sites is 1. The molecule has 0 bridgehead atoms. The maximum absolute atomic E-state index is 12.3. The predicted molar refractivity (Wildman–Crippen MR) is 103 cm³/mol. The highest BCUT2D eigenvalue weighted by Crippen LogP contribution is 2.17. The zero-order valence-corrected chi connectivity index (χ0v) is 14.9. The number of rotatable bonds is 5. The van der Waals surface area contributed by atoms with Crippen LogP contribution < -0.4 is 16.7 Å². The van der Waals surface area contributed by atoms with Gasteiger partial charge in [-0.1, -0.05) is 25.1 Å². The van der Waals surface area contributed by atoms with E-state index in [9.17, 15) is 19.5 Å². The lowest BCUT2D eigenvalue weighted by Gasteiger charge is -2.12. The smallest absolute Gasteiger partial charge is 0.335 e. The predicted octanol–water partition coefficient (Wildman–Crippen LogP) is 1.17. The number of benzene rings is 1. The fraction of sp³-hybridized carbons (Fsp3) is 0.105. The van der Waals surface area contributed by atoms with Gasteiger partial charge in [-0.2, -0.15) is 5.10 Å². The molecule has 28 heavy (non-hydrogen) atoms. The van der Waals surface area contributed by atoms with Crippen LogP contribution in [0.1, 0.15) is 29.3 Å². The van der Waals surface area contributed by atoms with Gasteiger partial charge < -0.3 is 5.11 Å².